The van der Waals surface area contributed by atoms with Gasteiger partial charge in [0.1, 0.15) is 4.32 Å². The maximum absolute atomic E-state index is 11.8. The van der Waals surface area contributed by atoms with Gasteiger partial charge in [-0.2, -0.15) is 0 Å². The molecule has 3 rings (SSSR count). The van der Waals surface area contributed by atoms with Gasteiger partial charge in [0.15, 0.2) is 0 Å². The molecule has 25 heavy (non-hydrogen) atoms. The van der Waals surface area contributed by atoms with Gasteiger partial charge < -0.3 is 14.5 Å². The van der Waals surface area contributed by atoms with Crippen LogP contribution in [0.2, 0.25) is 0 Å². The van der Waals surface area contributed by atoms with E-state index >= 15 is 0 Å². The van der Waals surface area contributed by atoms with Gasteiger partial charge in [-0.25, -0.2) is 4.79 Å². The van der Waals surface area contributed by atoms with E-state index in [0.717, 1.165) is 55.0 Å². The molecule has 0 aromatic carbocycles. The summed E-state index contributed by atoms with van der Waals surface area (Å²) in [7, 11) is 0. The first-order valence-corrected chi connectivity index (χ1v) is 10.0. The van der Waals surface area contributed by atoms with Gasteiger partial charge in [0.2, 0.25) is 0 Å². The van der Waals surface area contributed by atoms with Gasteiger partial charge in [0.25, 0.3) is 0 Å². The highest BCUT2D eigenvalue weighted by molar-refractivity contribution is 8.22. The summed E-state index contributed by atoms with van der Waals surface area (Å²) in [6, 6.07) is 6.40. The predicted molar refractivity (Wildman–Crippen MR) is 103 cm³/mol. The van der Waals surface area contributed by atoms with E-state index in [-0.39, 0.29) is 6.09 Å². The Kier molecular flexibility index (Phi) is 6.50. The molecule has 0 N–H and O–H groups in total. The van der Waals surface area contributed by atoms with Crippen molar-refractivity contribution < 1.29 is 9.53 Å². The summed E-state index contributed by atoms with van der Waals surface area (Å²) in [4.78, 5) is 22.7. The summed E-state index contributed by atoms with van der Waals surface area (Å²) in [5, 5.41) is 0. The first-order chi connectivity index (χ1) is 12.2. The first-order valence-electron chi connectivity index (χ1n) is 8.64. The third-order valence-electron chi connectivity index (χ3n) is 4.50. The van der Waals surface area contributed by atoms with Crippen LogP contribution in [0.1, 0.15) is 25.5 Å². The second-order valence-corrected chi connectivity index (χ2v) is 7.80. The fourth-order valence-corrected chi connectivity index (χ4v) is 4.40. The van der Waals surface area contributed by atoms with Crippen LogP contribution >= 0.6 is 24.0 Å². The minimum absolute atomic E-state index is 0.201. The predicted octanol–water partition coefficient (Wildman–Crippen LogP) is 2.75. The molecule has 2 saturated heterocycles. The molecule has 0 unspecified atom stereocenters. The number of hydrogen-bond acceptors (Lipinski definition) is 6. The van der Waals surface area contributed by atoms with Gasteiger partial charge in [0.05, 0.1) is 24.8 Å². The lowest BCUT2D eigenvalue weighted by Crippen LogP contribution is -2.53. The fraction of sp³-hybridized carbons (Fsp3) is 0.588. The van der Waals surface area contributed by atoms with E-state index in [1.165, 1.54) is 0 Å². The van der Waals surface area contributed by atoms with Gasteiger partial charge in [0, 0.05) is 31.9 Å². The average Bonchev–Trinajstić information content (AvgIpc) is 2.64. The summed E-state index contributed by atoms with van der Waals surface area (Å²) < 4.78 is 6.06. The van der Waals surface area contributed by atoms with Crippen molar-refractivity contribution in [2.45, 2.75) is 32.4 Å². The number of ether oxygens (including phenoxy) is 1. The van der Waals surface area contributed by atoms with Gasteiger partial charge in [-0.15, -0.1) is 0 Å². The largest absolute Gasteiger partial charge is 0.450 e. The molecule has 3 heterocycles. The molecule has 1 amide bonds. The smallest absolute Gasteiger partial charge is 0.409 e. The Balaban J connectivity index is 1.54. The monoisotopic (exact) mass is 380 g/mol. The SMILES string of the molecule is CCOC(=O)N1CCC(N2CN(Cc3ccccn3)CSC2=S)CC1. The van der Waals surface area contributed by atoms with Gasteiger partial charge in [-0.1, -0.05) is 30.0 Å². The van der Waals surface area contributed by atoms with E-state index in [4.69, 9.17) is 17.0 Å². The Morgan fingerprint density at radius 1 is 1.40 bits per heavy atom. The van der Waals surface area contributed by atoms with Gasteiger partial charge in [-0.3, -0.25) is 9.88 Å². The Morgan fingerprint density at radius 2 is 2.20 bits per heavy atom. The Hall–Kier alpha value is -1.38. The Bertz CT molecular complexity index is 594. The van der Waals surface area contributed by atoms with E-state index in [1.54, 1.807) is 16.7 Å². The van der Waals surface area contributed by atoms with Crippen molar-refractivity contribution in [1.29, 1.82) is 0 Å². The summed E-state index contributed by atoms with van der Waals surface area (Å²) in [6.07, 6.45) is 3.49. The van der Waals surface area contributed by atoms with Crippen LogP contribution in [-0.2, 0) is 11.3 Å². The number of aromatic nitrogens is 1. The van der Waals surface area contributed by atoms with Gasteiger partial charge in [-0.05, 0) is 31.9 Å². The third-order valence-corrected chi connectivity index (χ3v) is 6.06. The molecule has 0 atom stereocenters. The second-order valence-electron chi connectivity index (χ2n) is 6.22. The quantitative estimate of drug-likeness (QED) is 0.745. The van der Waals surface area contributed by atoms with E-state index < -0.39 is 0 Å². The number of nitrogens with zero attached hydrogens (tertiary/aromatic N) is 4. The maximum atomic E-state index is 11.8. The van der Waals surface area contributed by atoms with Crippen molar-refractivity contribution in [2.24, 2.45) is 0 Å². The molecule has 8 heteroatoms. The number of carbonyl (C=O) groups is 1. The lowest BCUT2D eigenvalue weighted by molar-refractivity contribution is 0.0780. The molecule has 2 fully saturated rings. The standard InChI is InChI=1S/C17H24N4O2S2/c1-2-23-16(22)20-9-6-15(7-10-20)21-12-19(13-25-17(21)24)11-14-5-3-4-8-18-14/h3-5,8,15H,2,6-7,9-13H2,1H3. The van der Waals surface area contributed by atoms with Gasteiger partial charge >= 0.3 is 6.09 Å². The lowest BCUT2D eigenvalue weighted by atomic mass is 10.0. The van der Waals surface area contributed by atoms with Crippen LogP contribution in [0.5, 0.6) is 0 Å². The second kappa shape index (κ2) is 8.82. The number of likely N-dealkylation sites (tertiary alicyclic amines) is 1. The van der Waals surface area contributed by atoms with Crippen molar-refractivity contribution >= 4 is 34.4 Å². The minimum Gasteiger partial charge on any atom is -0.450 e. The summed E-state index contributed by atoms with van der Waals surface area (Å²) in [6.45, 7) is 5.38. The average molecular weight is 381 g/mol. The number of hydrogen-bond donors (Lipinski definition) is 0. The molecule has 2 aliphatic heterocycles. The van der Waals surface area contributed by atoms with Crippen LogP contribution in [0.25, 0.3) is 0 Å². The Labute approximate surface area is 158 Å². The van der Waals surface area contributed by atoms with Crippen LogP contribution in [0.15, 0.2) is 24.4 Å². The fourth-order valence-electron chi connectivity index (χ4n) is 3.20. The van der Waals surface area contributed by atoms with Crippen LogP contribution < -0.4 is 0 Å². The third kappa shape index (κ3) is 4.83. The van der Waals surface area contributed by atoms with Crippen molar-refractivity contribution in [3.8, 4) is 0 Å². The van der Waals surface area contributed by atoms with Crippen molar-refractivity contribution in [2.75, 3.05) is 32.2 Å². The molecule has 0 radical (unpaired) electrons. The summed E-state index contributed by atoms with van der Waals surface area (Å²) in [5.41, 5.74) is 1.08. The molecular weight excluding hydrogens is 356 g/mol. The van der Waals surface area contributed by atoms with Crippen molar-refractivity contribution in [3.05, 3.63) is 30.1 Å². The molecule has 0 spiro atoms. The maximum Gasteiger partial charge on any atom is 0.409 e. The van der Waals surface area contributed by atoms with Crippen LogP contribution in [0, 0.1) is 0 Å². The highest BCUT2D eigenvalue weighted by atomic mass is 32.2. The van der Waals surface area contributed by atoms with Crippen LogP contribution in [0.3, 0.4) is 0 Å². The van der Waals surface area contributed by atoms with E-state index in [9.17, 15) is 4.79 Å². The number of thioether (sulfide) groups is 1. The highest BCUT2D eigenvalue weighted by Crippen LogP contribution is 2.26. The zero-order chi connectivity index (χ0) is 17.6. The molecule has 1 aromatic heterocycles. The number of thiocarbonyl (C=S) groups is 1. The first kappa shape index (κ1) is 18.4. The highest BCUT2D eigenvalue weighted by Gasteiger charge is 2.32. The van der Waals surface area contributed by atoms with Crippen molar-refractivity contribution in [1.82, 2.24) is 19.7 Å². The normalized spacial score (nSPS) is 20.0. The number of rotatable bonds is 4. The molecule has 0 aliphatic carbocycles. The number of piperidine rings is 1. The van der Waals surface area contributed by atoms with E-state index in [2.05, 4.69) is 20.9 Å². The lowest BCUT2D eigenvalue weighted by Gasteiger charge is -2.44. The molecular formula is C17H24N4O2S2. The molecule has 6 nitrogen and oxygen atoms in total. The minimum atomic E-state index is -0.201. The summed E-state index contributed by atoms with van der Waals surface area (Å²) >= 11 is 7.30. The zero-order valence-electron chi connectivity index (χ0n) is 14.5. The number of carbonyl (C=O) groups excluding carboxylic acids is 1. The van der Waals surface area contributed by atoms with Crippen molar-refractivity contribution in [3.63, 3.8) is 0 Å². The molecule has 2 aliphatic rings. The Morgan fingerprint density at radius 3 is 2.88 bits per heavy atom. The number of pyridine rings is 1. The zero-order valence-corrected chi connectivity index (χ0v) is 16.1. The molecule has 136 valence electrons. The molecule has 1 aromatic rings. The molecule has 0 saturated carbocycles. The van der Waals surface area contributed by atoms with Crippen LogP contribution in [0.4, 0.5) is 4.79 Å². The summed E-state index contributed by atoms with van der Waals surface area (Å²) in [5.74, 6) is 0.896. The van der Waals surface area contributed by atoms with E-state index in [1.807, 2.05) is 25.3 Å². The molecule has 0 bridgehead atoms. The van der Waals surface area contributed by atoms with E-state index in [0.29, 0.717) is 12.6 Å². The number of amides is 1. The topological polar surface area (TPSA) is 48.9 Å². The van der Waals surface area contributed by atoms with Crippen LogP contribution in [-0.4, -0.2) is 68.4 Å².